The molecule has 0 bridgehead atoms. The molecule has 0 N–H and O–H groups in total. The third kappa shape index (κ3) is 6.79. The minimum absolute atomic E-state index is 0.0138. The Bertz CT molecular complexity index is 1630. The van der Waals surface area contributed by atoms with Crippen LogP contribution in [0.25, 0.3) is 10.9 Å². The number of hydrogen-bond donors (Lipinski definition) is 0. The van der Waals surface area contributed by atoms with Gasteiger partial charge in [-0.3, -0.25) is 9.78 Å². The van der Waals surface area contributed by atoms with E-state index in [1.807, 2.05) is 0 Å². The van der Waals surface area contributed by atoms with Crippen LogP contribution < -0.4 is 4.74 Å². The molecule has 1 aromatic heterocycles. The molecule has 4 aromatic rings. The first kappa shape index (κ1) is 30.8. The van der Waals surface area contributed by atoms with Crippen LogP contribution in [0.15, 0.2) is 79.0 Å². The van der Waals surface area contributed by atoms with Gasteiger partial charge in [0.25, 0.3) is 5.91 Å². The summed E-state index contributed by atoms with van der Waals surface area (Å²) in [6, 6.07) is 15.6. The molecule has 12 heteroatoms. The minimum Gasteiger partial charge on any atom is -0.497 e. The highest BCUT2D eigenvalue weighted by Gasteiger charge is 2.40. The summed E-state index contributed by atoms with van der Waals surface area (Å²) in [5.74, 6) is -1.01. The first-order chi connectivity index (χ1) is 20.8. The number of nitrogens with zero attached hydrogens (tertiary/aromatic N) is 2. The SMILES string of the molecule is COc1ccc(C[C@@H]2C[C@@H](OC(=O)c3ccnc4ccccc34)CCN2C(=O)c2cc(C(F)(F)F)cc(C(F)(F)F)c2)cc1. The van der Waals surface area contributed by atoms with Crippen LogP contribution in [0.4, 0.5) is 26.3 Å². The van der Waals surface area contributed by atoms with Crippen LogP contribution >= 0.6 is 0 Å². The summed E-state index contributed by atoms with van der Waals surface area (Å²) < 4.78 is 92.1. The maximum absolute atomic E-state index is 13.6. The number of carbonyl (C=O) groups excluding carboxylic acids is 2. The number of pyridine rings is 1. The van der Waals surface area contributed by atoms with E-state index in [0.717, 1.165) is 5.56 Å². The summed E-state index contributed by atoms with van der Waals surface area (Å²) in [6.07, 6.45) is -8.95. The van der Waals surface area contributed by atoms with Gasteiger partial charge < -0.3 is 14.4 Å². The monoisotopic (exact) mass is 616 g/mol. The van der Waals surface area contributed by atoms with Crippen LogP contribution in [-0.4, -0.2) is 47.6 Å². The Morgan fingerprint density at radius 3 is 2.20 bits per heavy atom. The second-order valence-electron chi connectivity index (χ2n) is 10.4. The highest BCUT2D eigenvalue weighted by molar-refractivity contribution is 6.03. The van der Waals surface area contributed by atoms with E-state index in [-0.39, 0.29) is 31.9 Å². The van der Waals surface area contributed by atoms with Gasteiger partial charge in [-0.15, -0.1) is 0 Å². The molecule has 1 aliphatic rings. The van der Waals surface area contributed by atoms with Crippen LogP contribution in [0, 0.1) is 0 Å². The average molecular weight is 617 g/mol. The number of amides is 1. The predicted molar refractivity (Wildman–Crippen MR) is 148 cm³/mol. The van der Waals surface area contributed by atoms with E-state index in [9.17, 15) is 35.9 Å². The molecule has 3 aromatic carbocycles. The van der Waals surface area contributed by atoms with E-state index in [2.05, 4.69) is 4.98 Å². The molecule has 5 rings (SSSR count). The average Bonchev–Trinajstić information content (AvgIpc) is 3.00. The molecule has 1 aliphatic heterocycles. The van der Waals surface area contributed by atoms with Gasteiger partial charge in [0.2, 0.25) is 0 Å². The Kier molecular flexibility index (Phi) is 8.53. The van der Waals surface area contributed by atoms with Gasteiger partial charge >= 0.3 is 18.3 Å². The molecule has 2 heterocycles. The van der Waals surface area contributed by atoms with E-state index in [1.165, 1.54) is 24.3 Å². The highest BCUT2D eigenvalue weighted by Crippen LogP contribution is 2.37. The Hall–Kier alpha value is -4.61. The van der Waals surface area contributed by atoms with Gasteiger partial charge in [-0.2, -0.15) is 26.3 Å². The largest absolute Gasteiger partial charge is 0.497 e. The third-order valence-corrected chi connectivity index (χ3v) is 7.54. The molecular weight excluding hydrogens is 590 g/mol. The van der Waals surface area contributed by atoms with Gasteiger partial charge in [-0.1, -0.05) is 30.3 Å². The van der Waals surface area contributed by atoms with E-state index in [1.54, 1.807) is 48.5 Å². The summed E-state index contributed by atoms with van der Waals surface area (Å²) in [5, 5.41) is 0.590. The van der Waals surface area contributed by atoms with Crippen LogP contribution in [-0.2, 0) is 23.5 Å². The standard InChI is InChI=1S/C32H26F6N2O4/c1-43-24-8-6-19(7-9-24)14-23-18-25(44-30(42)27-10-12-39-28-5-3-2-4-26(27)28)11-13-40(23)29(41)20-15-21(31(33,34)35)17-22(16-20)32(36,37)38/h2-10,12,15-17,23,25H,11,13-14,18H2,1H3/t23-,25+/m1/s1. The molecule has 1 amide bonds. The maximum atomic E-state index is 13.6. The number of rotatable bonds is 6. The van der Waals surface area contributed by atoms with Gasteiger partial charge in [0.1, 0.15) is 11.9 Å². The minimum atomic E-state index is -5.10. The molecule has 0 spiro atoms. The molecule has 0 unspecified atom stereocenters. The summed E-state index contributed by atoms with van der Waals surface area (Å²) in [7, 11) is 1.49. The van der Waals surface area contributed by atoms with Gasteiger partial charge in [-0.05, 0) is 54.4 Å². The van der Waals surface area contributed by atoms with Gasteiger partial charge in [0.15, 0.2) is 0 Å². The van der Waals surface area contributed by atoms with Crippen LogP contribution in [0.1, 0.15) is 50.2 Å². The van der Waals surface area contributed by atoms with Gasteiger partial charge in [0.05, 0.1) is 29.3 Å². The number of ether oxygens (including phenoxy) is 2. The number of fused-ring (bicyclic) bond motifs is 1. The molecule has 1 saturated heterocycles. The number of halogens is 6. The number of piperidine rings is 1. The normalized spacial score (nSPS) is 17.4. The number of para-hydroxylation sites is 1. The zero-order valence-electron chi connectivity index (χ0n) is 23.3. The number of methoxy groups -OCH3 is 1. The molecule has 44 heavy (non-hydrogen) atoms. The summed E-state index contributed by atoms with van der Waals surface area (Å²) >= 11 is 0. The Morgan fingerprint density at radius 2 is 1.57 bits per heavy atom. The molecule has 0 radical (unpaired) electrons. The van der Waals surface area contributed by atoms with Crippen molar-refractivity contribution < 1.29 is 45.4 Å². The molecule has 0 aliphatic carbocycles. The lowest BCUT2D eigenvalue weighted by Crippen LogP contribution is -2.49. The number of carbonyl (C=O) groups is 2. The lowest BCUT2D eigenvalue weighted by molar-refractivity contribution is -0.143. The Morgan fingerprint density at radius 1 is 0.909 bits per heavy atom. The number of alkyl halides is 6. The smallest absolute Gasteiger partial charge is 0.416 e. The Balaban J connectivity index is 1.44. The predicted octanol–water partition coefficient (Wildman–Crippen LogP) is 7.35. The fourth-order valence-electron chi connectivity index (χ4n) is 5.35. The lowest BCUT2D eigenvalue weighted by atomic mass is 9.92. The van der Waals surface area contributed by atoms with Crippen LogP contribution in [0.5, 0.6) is 5.75 Å². The van der Waals surface area contributed by atoms with Crippen LogP contribution in [0.2, 0.25) is 0 Å². The fraction of sp³-hybridized carbons (Fsp3) is 0.281. The zero-order valence-corrected chi connectivity index (χ0v) is 23.3. The maximum Gasteiger partial charge on any atom is 0.416 e. The molecule has 0 saturated carbocycles. The van der Waals surface area contributed by atoms with E-state index in [4.69, 9.17) is 9.47 Å². The molecule has 1 fully saturated rings. The fourth-order valence-corrected chi connectivity index (χ4v) is 5.35. The van der Waals surface area contributed by atoms with Crippen molar-refractivity contribution in [2.75, 3.05) is 13.7 Å². The third-order valence-electron chi connectivity index (χ3n) is 7.54. The van der Waals surface area contributed by atoms with Crippen molar-refractivity contribution in [3.8, 4) is 5.75 Å². The van der Waals surface area contributed by atoms with Crippen molar-refractivity contribution in [3.05, 3.63) is 107 Å². The van der Waals surface area contributed by atoms with Crippen LogP contribution in [0.3, 0.4) is 0 Å². The number of aromatic nitrogens is 1. The molecular formula is C32H26F6N2O4. The summed E-state index contributed by atoms with van der Waals surface area (Å²) in [5.41, 5.74) is -2.25. The first-order valence-corrected chi connectivity index (χ1v) is 13.6. The van der Waals surface area contributed by atoms with E-state index < -0.39 is 53.1 Å². The quantitative estimate of drug-likeness (QED) is 0.167. The number of hydrogen-bond acceptors (Lipinski definition) is 5. The van der Waals surface area contributed by atoms with E-state index >= 15 is 0 Å². The second-order valence-corrected chi connectivity index (χ2v) is 10.4. The zero-order chi connectivity index (χ0) is 31.6. The number of esters is 1. The first-order valence-electron chi connectivity index (χ1n) is 13.6. The van der Waals surface area contributed by atoms with Crippen molar-refractivity contribution >= 4 is 22.8 Å². The highest BCUT2D eigenvalue weighted by atomic mass is 19.4. The Labute approximate surface area is 248 Å². The van der Waals surface area contributed by atoms with Crippen molar-refractivity contribution in [2.45, 2.75) is 43.8 Å². The topological polar surface area (TPSA) is 68.7 Å². The number of likely N-dealkylation sites (tertiary alicyclic amines) is 1. The molecule has 6 nitrogen and oxygen atoms in total. The second kappa shape index (κ2) is 12.2. The van der Waals surface area contributed by atoms with Crippen molar-refractivity contribution in [3.63, 3.8) is 0 Å². The lowest BCUT2D eigenvalue weighted by Gasteiger charge is -2.39. The molecule has 2 atom stereocenters. The molecule has 230 valence electrons. The van der Waals surface area contributed by atoms with Gasteiger partial charge in [0, 0.05) is 42.6 Å². The van der Waals surface area contributed by atoms with Crippen molar-refractivity contribution in [1.82, 2.24) is 9.88 Å². The van der Waals surface area contributed by atoms with Crippen molar-refractivity contribution in [2.24, 2.45) is 0 Å². The summed E-state index contributed by atoms with van der Waals surface area (Å²) in [4.78, 5) is 32.3. The summed E-state index contributed by atoms with van der Waals surface area (Å²) in [6.45, 7) is -0.0632. The number of benzene rings is 3. The van der Waals surface area contributed by atoms with Crippen molar-refractivity contribution in [1.29, 1.82) is 0 Å². The van der Waals surface area contributed by atoms with E-state index in [0.29, 0.717) is 34.3 Å². The van der Waals surface area contributed by atoms with Gasteiger partial charge in [-0.25, -0.2) is 4.79 Å².